The van der Waals surface area contributed by atoms with Gasteiger partial charge in [-0.2, -0.15) is 0 Å². The average molecular weight is 471 g/mol. The van der Waals surface area contributed by atoms with E-state index in [0.717, 1.165) is 5.56 Å². The van der Waals surface area contributed by atoms with Crippen molar-refractivity contribution in [3.63, 3.8) is 0 Å². The summed E-state index contributed by atoms with van der Waals surface area (Å²) < 4.78 is 5.21. The van der Waals surface area contributed by atoms with E-state index < -0.39 is 35.7 Å². The lowest BCUT2D eigenvalue weighted by Gasteiger charge is -2.24. The zero-order valence-electron chi connectivity index (χ0n) is 16.7. The molecule has 0 radical (unpaired) electrons. The Morgan fingerprint density at radius 3 is 2.21 bits per heavy atom. The van der Waals surface area contributed by atoms with Gasteiger partial charge in [-0.15, -0.1) is 0 Å². The molecule has 0 saturated heterocycles. The molecule has 0 bridgehead atoms. The number of halogens is 1. The van der Waals surface area contributed by atoms with Gasteiger partial charge in [-0.3, -0.25) is 9.59 Å². The SMILES string of the molecule is CC(C)(C)OC(=O)N[C@@H](Cc1ccccc1)C(=O)N[C@@H](CCC(=O)CBr)C(=O)O. The summed E-state index contributed by atoms with van der Waals surface area (Å²) in [6, 6.07) is 6.71. The fourth-order valence-electron chi connectivity index (χ4n) is 2.41. The van der Waals surface area contributed by atoms with E-state index >= 15 is 0 Å². The van der Waals surface area contributed by atoms with Crippen LogP contribution in [-0.4, -0.2) is 51.9 Å². The number of carboxylic acids is 1. The first-order valence-corrected chi connectivity index (χ1v) is 10.3. The van der Waals surface area contributed by atoms with Crippen LogP contribution in [0.15, 0.2) is 30.3 Å². The van der Waals surface area contributed by atoms with Crippen molar-refractivity contribution in [3.8, 4) is 0 Å². The molecule has 160 valence electrons. The molecule has 2 amide bonds. The van der Waals surface area contributed by atoms with Crippen LogP contribution in [0.1, 0.15) is 39.2 Å². The van der Waals surface area contributed by atoms with Crippen LogP contribution >= 0.6 is 15.9 Å². The Balaban J connectivity index is 2.90. The fraction of sp³-hybridized carbons (Fsp3) is 0.500. The minimum absolute atomic E-state index is 0.00530. The molecular weight excluding hydrogens is 444 g/mol. The van der Waals surface area contributed by atoms with E-state index in [-0.39, 0.29) is 30.4 Å². The van der Waals surface area contributed by atoms with E-state index in [4.69, 9.17) is 4.74 Å². The molecule has 0 fully saturated rings. The second-order valence-electron chi connectivity index (χ2n) is 7.50. The molecule has 8 nitrogen and oxygen atoms in total. The summed E-state index contributed by atoms with van der Waals surface area (Å²) in [4.78, 5) is 47.8. The van der Waals surface area contributed by atoms with Gasteiger partial charge in [0.25, 0.3) is 0 Å². The highest BCUT2D eigenvalue weighted by atomic mass is 79.9. The number of alkyl halides is 1. The van der Waals surface area contributed by atoms with Gasteiger partial charge in [-0.1, -0.05) is 46.3 Å². The number of carbonyl (C=O) groups is 4. The number of amides is 2. The lowest BCUT2D eigenvalue weighted by molar-refractivity contribution is -0.142. The highest BCUT2D eigenvalue weighted by molar-refractivity contribution is 9.09. The lowest BCUT2D eigenvalue weighted by atomic mass is 10.0. The van der Waals surface area contributed by atoms with Gasteiger partial charge < -0.3 is 20.5 Å². The number of alkyl carbamates (subject to hydrolysis) is 1. The van der Waals surface area contributed by atoms with E-state index in [0.29, 0.717) is 0 Å². The molecule has 29 heavy (non-hydrogen) atoms. The molecule has 0 heterocycles. The Kier molecular flexibility index (Phi) is 9.80. The number of hydrogen-bond donors (Lipinski definition) is 3. The highest BCUT2D eigenvalue weighted by Crippen LogP contribution is 2.09. The predicted octanol–water partition coefficient (Wildman–Crippen LogP) is 2.44. The zero-order valence-corrected chi connectivity index (χ0v) is 18.3. The van der Waals surface area contributed by atoms with Gasteiger partial charge in [0.2, 0.25) is 5.91 Å². The molecule has 0 spiro atoms. The van der Waals surface area contributed by atoms with Gasteiger partial charge in [0, 0.05) is 12.8 Å². The van der Waals surface area contributed by atoms with Crippen molar-refractivity contribution in [2.75, 3.05) is 5.33 Å². The molecule has 3 N–H and O–H groups in total. The number of benzene rings is 1. The van der Waals surface area contributed by atoms with E-state index in [1.807, 2.05) is 6.07 Å². The lowest BCUT2D eigenvalue weighted by Crippen LogP contribution is -2.53. The van der Waals surface area contributed by atoms with Crippen LogP contribution in [0.25, 0.3) is 0 Å². The Hall–Kier alpha value is -2.42. The van der Waals surface area contributed by atoms with Gasteiger partial charge in [-0.25, -0.2) is 9.59 Å². The number of hydrogen-bond acceptors (Lipinski definition) is 5. The minimum Gasteiger partial charge on any atom is -0.480 e. The number of rotatable bonds is 10. The van der Waals surface area contributed by atoms with E-state index in [1.165, 1.54) is 0 Å². The number of ether oxygens (including phenoxy) is 1. The second kappa shape index (κ2) is 11.5. The summed E-state index contributed by atoms with van der Waals surface area (Å²) in [5.41, 5.74) is 0.0300. The van der Waals surface area contributed by atoms with E-state index in [2.05, 4.69) is 26.6 Å². The van der Waals surface area contributed by atoms with Crippen LogP contribution in [0.3, 0.4) is 0 Å². The Morgan fingerprint density at radius 2 is 1.69 bits per heavy atom. The van der Waals surface area contributed by atoms with E-state index in [1.54, 1.807) is 45.0 Å². The Bertz CT molecular complexity index is 717. The molecule has 0 aliphatic carbocycles. The monoisotopic (exact) mass is 470 g/mol. The van der Waals surface area contributed by atoms with Gasteiger partial charge >= 0.3 is 12.1 Å². The van der Waals surface area contributed by atoms with Crippen molar-refractivity contribution in [1.82, 2.24) is 10.6 Å². The van der Waals surface area contributed by atoms with Gasteiger partial charge in [0.1, 0.15) is 23.5 Å². The standard InChI is InChI=1S/C20H27BrN2O6/c1-20(2,3)29-19(28)23-16(11-13-7-5-4-6-8-13)17(25)22-15(18(26)27)10-9-14(24)12-21/h4-8,15-16H,9-12H2,1-3H3,(H,22,25)(H,23,28)(H,26,27)/t15-,16-/m0/s1. The first kappa shape index (κ1) is 24.6. The first-order valence-electron chi connectivity index (χ1n) is 9.16. The number of carboxylic acid groups (broad SMARTS) is 1. The molecule has 2 atom stereocenters. The van der Waals surface area contributed by atoms with E-state index in [9.17, 15) is 24.3 Å². The maximum Gasteiger partial charge on any atom is 0.408 e. The summed E-state index contributed by atoms with van der Waals surface area (Å²) in [6.45, 7) is 5.08. The molecule has 1 aromatic carbocycles. The zero-order chi connectivity index (χ0) is 22.0. The second-order valence-corrected chi connectivity index (χ2v) is 8.06. The van der Waals surface area contributed by atoms with Crippen molar-refractivity contribution in [3.05, 3.63) is 35.9 Å². The molecule has 0 saturated carbocycles. The molecular formula is C20H27BrN2O6. The summed E-state index contributed by atoms with van der Waals surface area (Å²) in [6.07, 6.45) is -0.671. The topological polar surface area (TPSA) is 122 Å². The van der Waals surface area contributed by atoms with Crippen LogP contribution in [0.4, 0.5) is 4.79 Å². The van der Waals surface area contributed by atoms with Crippen LogP contribution in [-0.2, 0) is 25.5 Å². The van der Waals surface area contributed by atoms with Crippen molar-refractivity contribution >= 4 is 39.7 Å². The first-order chi connectivity index (χ1) is 13.5. The minimum atomic E-state index is -1.25. The summed E-state index contributed by atoms with van der Waals surface area (Å²) in [7, 11) is 0. The Morgan fingerprint density at radius 1 is 1.07 bits per heavy atom. The molecule has 1 rings (SSSR count). The van der Waals surface area contributed by atoms with Gasteiger partial charge in [-0.05, 0) is 32.8 Å². The average Bonchev–Trinajstić information content (AvgIpc) is 2.63. The van der Waals surface area contributed by atoms with Crippen LogP contribution in [0.2, 0.25) is 0 Å². The maximum atomic E-state index is 12.7. The number of carbonyl (C=O) groups excluding carboxylic acids is 3. The maximum absolute atomic E-state index is 12.7. The van der Waals surface area contributed by atoms with Crippen LogP contribution < -0.4 is 10.6 Å². The highest BCUT2D eigenvalue weighted by Gasteiger charge is 2.28. The van der Waals surface area contributed by atoms with Crippen molar-refractivity contribution in [2.45, 2.75) is 57.7 Å². The molecule has 1 aromatic rings. The molecule has 0 aliphatic heterocycles. The normalized spacial score (nSPS) is 13.1. The third-order valence-electron chi connectivity index (χ3n) is 3.77. The summed E-state index contributed by atoms with van der Waals surface area (Å²) >= 11 is 3.02. The number of Topliss-reactive ketones (excluding diaryl/α,β-unsaturated/α-hetero) is 1. The number of nitrogens with one attached hydrogen (secondary N) is 2. The van der Waals surface area contributed by atoms with Crippen LogP contribution in [0, 0.1) is 0 Å². The number of ketones is 1. The van der Waals surface area contributed by atoms with Crippen LogP contribution in [0.5, 0.6) is 0 Å². The summed E-state index contributed by atoms with van der Waals surface area (Å²) in [5, 5.41) is 14.4. The van der Waals surface area contributed by atoms with Gasteiger partial charge in [0.05, 0.1) is 5.33 Å². The van der Waals surface area contributed by atoms with Crippen molar-refractivity contribution in [1.29, 1.82) is 0 Å². The third-order valence-corrected chi connectivity index (χ3v) is 4.39. The third kappa shape index (κ3) is 10.1. The Labute approximate surface area is 178 Å². The molecule has 0 aliphatic rings. The van der Waals surface area contributed by atoms with Crippen molar-refractivity contribution < 1.29 is 29.0 Å². The molecule has 0 unspecified atom stereocenters. The summed E-state index contributed by atoms with van der Waals surface area (Å²) in [5.74, 6) is -2.09. The number of aliphatic carboxylic acids is 1. The smallest absolute Gasteiger partial charge is 0.408 e. The molecule has 0 aromatic heterocycles. The quantitative estimate of drug-likeness (QED) is 0.451. The van der Waals surface area contributed by atoms with Gasteiger partial charge in [0.15, 0.2) is 0 Å². The largest absolute Gasteiger partial charge is 0.480 e. The fourth-order valence-corrected chi connectivity index (χ4v) is 2.69. The predicted molar refractivity (Wildman–Crippen MR) is 111 cm³/mol. The van der Waals surface area contributed by atoms with Crippen molar-refractivity contribution in [2.24, 2.45) is 0 Å². The molecule has 9 heteroatoms.